The zero-order valence-corrected chi connectivity index (χ0v) is 20.4. The van der Waals surface area contributed by atoms with Gasteiger partial charge in [-0.15, -0.1) is 0 Å². The van der Waals surface area contributed by atoms with Gasteiger partial charge in [-0.25, -0.2) is 9.59 Å². The molecule has 1 heterocycles. The molecule has 0 radical (unpaired) electrons. The summed E-state index contributed by atoms with van der Waals surface area (Å²) < 4.78 is 5.48. The second kappa shape index (κ2) is 10.5. The molecule has 0 fully saturated rings. The van der Waals surface area contributed by atoms with Gasteiger partial charge in [0.15, 0.2) is 5.11 Å². The molecule has 0 saturated heterocycles. The van der Waals surface area contributed by atoms with Crippen molar-refractivity contribution in [3.05, 3.63) is 70.9 Å². The van der Waals surface area contributed by atoms with Gasteiger partial charge in [0, 0.05) is 24.1 Å². The average molecular weight is 467 g/mol. The number of hydrogen-bond donors (Lipinski definition) is 3. The summed E-state index contributed by atoms with van der Waals surface area (Å²) in [4.78, 5) is 27.1. The average Bonchev–Trinajstić information content (AvgIpc) is 2.77. The van der Waals surface area contributed by atoms with Gasteiger partial charge in [0.25, 0.3) is 0 Å². The van der Waals surface area contributed by atoms with Crippen LogP contribution in [0.25, 0.3) is 0 Å². The van der Waals surface area contributed by atoms with Gasteiger partial charge in [-0.1, -0.05) is 37.3 Å². The number of hydrogen-bond acceptors (Lipinski definition) is 4. The number of amides is 2. The Morgan fingerprint density at radius 3 is 2.42 bits per heavy atom. The van der Waals surface area contributed by atoms with Gasteiger partial charge in [-0.3, -0.25) is 0 Å². The van der Waals surface area contributed by atoms with Crippen molar-refractivity contribution >= 4 is 40.7 Å². The van der Waals surface area contributed by atoms with E-state index in [9.17, 15) is 9.59 Å². The molecular formula is C25H30N4O3S. The van der Waals surface area contributed by atoms with Gasteiger partial charge in [0.1, 0.15) is 0 Å². The number of aryl methyl sites for hydroxylation is 1. The number of carbonyl (C=O) groups excluding carboxylic acids is 2. The molecule has 8 heteroatoms. The fourth-order valence-corrected chi connectivity index (χ4v) is 3.88. The molecule has 0 aliphatic carbocycles. The SMILES string of the molecule is CCc1ccccc1NC(=O)Nc1ccc(C2NC(=S)N(C)C(C)=C2C(=O)OC(C)C)cc1. The molecule has 0 saturated carbocycles. The van der Waals surface area contributed by atoms with Crippen LogP contribution in [0.15, 0.2) is 59.8 Å². The van der Waals surface area contributed by atoms with E-state index in [2.05, 4.69) is 16.0 Å². The van der Waals surface area contributed by atoms with Crippen molar-refractivity contribution in [3.63, 3.8) is 0 Å². The Balaban J connectivity index is 1.78. The smallest absolute Gasteiger partial charge is 0.338 e. The van der Waals surface area contributed by atoms with E-state index in [1.807, 2.05) is 71.1 Å². The maximum atomic E-state index is 12.8. The lowest BCUT2D eigenvalue weighted by molar-refractivity contribution is -0.143. The molecule has 1 aliphatic heterocycles. The minimum Gasteiger partial charge on any atom is -0.459 e. The van der Waals surface area contributed by atoms with Gasteiger partial charge in [-0.05, 0) is 68.7 Å². The van der Waals surface area contributed by atoms with Gasteiger partial charge in [0.05, 0.1) is 17.7 Å². The monoisotopic (exact) mass is 466 g/mol. The lowest BCUT2D eigenvalue weighted by Gasteiger charge is -2.35. The molecular weight excluding hydrogens is 436 g/mol. The first-order valence-corrected chi connectivity index (χ1v) is 11.3. The van der Waals surface area contributed by atoms with Crippen LogP contribution < -0.4 is 16.0 Å². The number of ether oxygens (including phenoxy) is 1. The zero-order chi connectivity index (χ0) is 24.1. The van der Waals surface area contributed by atoms with Gasteiger partial charge < -0.3 is 25.6 Å². The van der Waals surface area contributed by atoms with Crippen LogP contribution in [-0.4, -0.2) is 35.2 Å². The molecule has 2 amide bonds. The maximum Gasteiger partial charge on any atom is 0.338 e. The number of nitrogens with zero attached hydrogens (tertiary/aromatic N) is 1. The summed E-state index contributed by atoms with van der Waals surface area (Å²) in [6, 6.07) is 14.2. The molecule has 7 nitrogen and oxygen atoms in total. The second-order valence-corrected chi connectivity index (χ2v) is 8.49. The quantitative estimate of drug-likeness (QED) is 0.411. The molecule has 33 heavy (non-hydrogen) atoms. The van der Waals surface area contributed by atoms with Crippen molar-refractivity contribution in [2.75, 3.05) is 17.7 Å². The van der Waals surface area contributed by atoms with Gasteiger partial charge in [0.2, 0.25) is 0 Å². The summed E-state index contributed by atoms with van der Waals surface area (Å²) in [5.41, 5.74) is 4.57. The van der Waals surface area contributed by atoms with Gasteiger partial charge in [-0.2, -0.15) is 0 Å². The number of allylic oxidation sites excluding steroid dienone is 1. The largest absolute Gasteiger partial charge is 0.459 e. The lowest BCUT2D eigenvalue weighted by Crippen LogP contribution is -2.46. The fourth-order valence-electron chi connectivity index (χ4n) is 3.62. The highest BCUT2D eigenvalue weighted by atomic mass is 32.1. The molecule has 0 aromatic heterocycles. The number of para-hydroxylation sites is 1. The Kier molecular flexibility index (Phi) is 7.71. The van der Waals surface area contributed by atoms with E-state index in [4.69, 9.17) is 17.0 Å². The highest BCUT2D eigenvalue weighted by Crippen LogP contribution is 2.31. The maximum absolute atomic E-state index is 12.8. The van der Waals surface area contributed by atoms with E-state index < -0.39 is 6.04 Å². The number of anilines is 2. The van der Waals surface area contributed by atoms with Crippen molar-refractivity contribution < 1.29 is 14.3 Å². The predicted octanol–water partition coefficient (Wildman–Crippen LogP) is 4.98. The number of esters is 1. The normalized spacial score (nSPS) is 15.9. The van der Waals surface area contributed by atoms with Crippen LogP contribution in [0.3, 0.4) is 0 Å². The summed E-state index contributed by atoms with van der Waals surface area (Å²) in [6.07, 6.45) is 0.589. The summed E-state index contributed by atoms with van der Waals surface area (Å²) >= 11 is 5.44. The van der Waals surface area contributed by atoms with E-state index in [1.54, 1.807) is 17.0 Å². The van der Waals surface area contributed by atoms with E-state index in [1.165, 1.54) is 0 Å². The van der Waals surface area contributed by atoms with Crippen LogP contribution in [0.5, 0.6) is 0 Å². The van der Waals surface area contributed by atoms with E-state index in [0.717, 1.165) is 28.9 Å². The molecule has 1 aliphatic rings. The highest BCUT2D eigenvalue weighted by molar-refractivity contribution is 7.80. The Hall–Kier alpha value is -3.39. The first kappa shape index (κ1) is 24.3. The molecule has 174 valence electrons. The molecule has 2 aromatic carbocycles. The third-order valence-electron chi connectivity index (χ3n) is 5.47. The first-order valence-electron chi connectivity index (χ1n) is 10.9. The minimum atomic E-state index is -0.445. The number of nitrogens with one attached hydrogen (secondary N) is 3. The Labute approximate surface area is 200 Å². The molecule has 3 N–H and O–H groups in total. The summed E-state index contributed by atoms with van der Waals surface area (Å²) in [6.45, 7) is 7.53. The molecule has 1 unspecified atom stereocenters. The highest BCUT2D eigenvalue weighted by Gasteiger charge is 2.33. The first-order chi connectivity index (χ1) is 15.7. The van der Waals surface area contributed by atoms with Crippen molar-refractivity contribution in [3.8, 4) is 0 Å². The van der Waals surface area contributed by atoms with Crippen LogP contribution in [0.4, 0.5) is 16.2 Å². The lowest BCUT2D eigenvalue weighted by atomic mass is 9.95. The van der Waals surface area contributed by atoms with Crippen molar-refractivity contribution in [1.82, 2.24) is 10.2 Å². The molecule has 0 bridgehead atoms. The molecule has 0 spiro atoms. The third-order valence-corrected chi connectivity index (χ3v) is 5.86. The van der Waals surface area contributed by atoms with Crippen LogP contribution in [0, 0.1) is 0 Å². The van der Waals surface area contributed by atoms with Crippen molar-refractivity contribution in [2.45, 2.75) is 46.3 Å². The van der Waals surface area contributed by atoms with E-state index >= 15 is 0 Å². The number of thiocarbonyl (C=S) groups is 1. The summed E-state index contributed by atoms with van der Waals surface area (Å²) in [7, 11) is 1.81. The number of rotatable bonds is 6. The fraction of sp³-hybridized carbons (Fsp3) is 0.320. The number of benzene rings is 2. The number of urea groups is 1. The van der Waals surface area contributed by atoms with Crippen LogP contribution in [-0.2, 0) is 16.0 Å². The molecule has 2 aromatic rings. The third kappa shape index (κ3) is 5.70. The zero-order valence-electron chi connectivity index (χ0n) is 19.6. The Bertz CT molecular complexity index is 1080. The van der Waals surface area contributed by atoms with Crippen LogP contribution >= 0.6 is 12.2 Å². The number of carbonyl (C=O) groups is 2. The minimum absolute atomic E-state index is 0.236. The molecule has 3 rings (SSSR count). The standard InChI is InChI=1S/C25H30N4O3S/c1-6-17-9-7-8-10-20(17)27-24(31)26-19-13-11-18(12-14-19)22-21(23(30)32-15(2)3)16(4)29(5)25(33)28-22/h7-15,22H,6H2,1-5H3,(H,28,33)(H2,26,27,31). The predicted molar refractivity (Wildman–Crippen MR) is 135 cm³/mol. The topological polar surface area (TPSA) is 82.7 Å². The van der Waals surface area contributed by atoms with E-state index in [0.29, 0.717) is 16.4 Å². The van der Waals surface area contributed by atoms with Crippen molar-refractivity contribution in [2.24, 2.45) is 0 Å². The Morgan fingerprint density at radius 2 is 1.79 bits per heavy atom. The van der Waals surface area contributed by atoms with E-state index in [-0.39, 0.29) is 18.1 Å². The van der Waals surface area contributed by atoms with Gasteiger partial charge >= 0.3 is 12.0 Å². The van der Waals surface area contributed by atoms with Crippen molar-refractivity contribution in [1.29, 1.82) is 0 Å². The second-order valence-electron chi connectivity index (χ2n) is 8.11. The summed E-state index contributed by atoms with van der Waals surface area (Å²) in [5.74, 6) is -0.384. The summed E-state index contributed by atoms with van der Waals surface area (Å²) in [5, 5.41) is 9.48. The Morgan fingerprint density at radius 1 is 1.12 bits per heavy atom. The van der Waals surface area contributed by atoms with Crippen LogP contribution in [0.2, 0.25) is 0 Å². The van der Waals surface area contributed by atoms with Crippen LogP contribution in [0.1, 0.15) is 44.9 Å². The molecule has 1 atom stereocenters.